The van der Waals surface area contributed by atoms with Crippen LogP contribution in [0.15, 0.2) is 133 Å². The summed E-state index contributed by atoms with van der Waals surface area (Å²) in [7, 11) is 0. The number of hydrogen-bond acceptors (Lipinski definition) is 1. The maximum Gasteiger partial charge on any atom is 0.178 e. The zero-order valence-electron chi connectivity index (χ0n) is 20.6. The molecule has 2 heteroatoms. The standard InChI is InChI=1S/C36H23NO/c38-36-29-21-11-12-22-30(29)37-34(24-15-5-2-6-16-24)32-27-19-9-7-17-25(27)26-18-8-10-20-28(26)33(32)35(37)31(36)23-13-3-1-4-14-23/h1-22,31H. The van der Waals surface area contributed by atoms with Crippen molar-refractivity contribution in [3.63, 3.8) is 0 Å². The minimum atomic E-state index is -0.407. The van der Waals surface area contributed by atoms with Crippen molar-refractivity contribution in [3.8, 4) is 16.9 Å². The third kappa shape index (κ3) is 2.80. The number of ketones is 1. The van der Waals surface area contributed by atoms with Gasteiger partial charge in [0, 0.05) is 22.0 Å². The molecule has 8 rings (SSSR count). The van der Waals surface area contributed by atoms with E-state index < -0.39 is 5.92 Å². The van der Waals surface area contributed by atoms with Crippen molar-refractivity contribution < 1.29 is 4.79 Å². The fourth-order valence-electron chi connectivity index (χ4n) is 6.50. The Kier molecular flexibility index (Phi) is 4.47. The number of carbonyl (C=O) groups is 1. The maximum absolute atomic E-state index is 14.4. The largest absolute Gasteiger partial charge is 0.310 e. The molecule has 0 saturated heterocycles. The van der Waals surface area contributed by atoms with Crippen molar-refractivity contribution in [2.75, 3.05) is 0 Å². The smallest absolute Gasteiger partial charge is 0.178 e. The van der Waals surface area contributed by atoms with Gasteiger partial charge in [-0.25, -0.2) is 0 Å². The summed E-state index contributed by atoms with van der Waals surface area (Å²) in [5.74, 6) is -0.258. The van der Waals surface area contributed by atoms with Crippen LogP contribution in [0.5, 0.6) is 0 Å². The molecule has 0 fully saturated rings. The van der Waals surface area contributed by atoms with Crippen molar-refractivity contribution in [1.82, 2.24) is 4.57 Å². The Hall–Kier alpha value is -4.95. The summed E-state index contributed by atoms with van der Waals surface area (Å²) in [5.41, 5.74) is 6.06. The van der Waals surface area contributed by atoms with Crippen LogP contribution in [0.3, 0.4) is 0 Å². The summed E-state index contributed by atoms with van der Waals surface area (Å²) in [4.78, 5) is 14.4. The first kappa shape index (κ1) is 21.2. The Morgan fingerprint density at radius 1 is 0.500 bits per heavy atom. The van der Waals surface area contributed by atoms with Crippen LogP contribution in [-0.4, -0.2) is 10.4 Å². The molecular weight excluding hydrogens is 462 g/mol. The van der Waals surface area contributed by atoms with Gasteiger partial charge in [-0.2, -0.15) is 0 Å². The molecule has 178 valence electrons. The number of benzene rings is 6. The van der Waals surface area contributed by atoms with Gasteiger partial charge in [-0.1, -0.05) is 121 Å². The van der Waals surface area contributed by atoms with Crippen molar-refractivity contribution in [2.24, 2.45) is 0 Å². The van der Waals surface area contributed by atoms with Gasteiger partial charge < -0.3 is 4.57 Å². The Balaban J connectivity index is 1.70. The summed E-state index contributed by atoms with van der Waals surface area (Å²) in [6.45, 7) is 0. The number of rotatable bonds is 2. The lowest BCUT2D eigenvalue weighted by atomic mass is 9.82. The van der Waals surface area contributed by atoms with Gasteiger partial charge in [0.15, 0.2) is 5.78 Å². The summed E-state index contributed by atoms with van der Waals surface area (Å²) in [6, 6.07) is 46.3. The molecule has 6 aromatic carbocycles. The highest BCUT2D eigenvalue weighted by Crippen LogP contribution is 2.51. The van der Waals surface area contributed by atoms with Crippen LogP contribution in [0.25, 0.3) is 49.3 Å². The summed E-state index contributed by atoms with van der Waals surface area (Å²) in [6.07, 6.45) is 0. The number of hydrogen-bond donors (Lipinski definition) is 0. The number of aromatic nitrogens is 1. The second-order valence-electron chi connectivity index (χ2n) is 10.0. The minimum Gasteiger partial charge on any atom is -0.310 e. The van der Waals surface area contributed by atoms with Crippen LogP contribution in [0.4, 0.5) is 0 Å². The monoisotopic (exact) mass is 485 g/mol. The molecular formula is C36H23NO. The van der Waals surface area contributed by atoms with Crippen LogP contribution in [-0.2, 0) is 0 Å². The first-order valence-electron chi connectivity index (χ1n) is 13.0. The molecule has 1 aliphatic heterocycles. The number of para-hydroxylation sites is 1. The minimum absolute atomic E-state index is 0.149. The van der Waals surface area contributed by atoms with Gasteiger partial charge in [0.2, 0.25) is 0 Å². The second-order valence-corrected chi connectivity index (χ2v) is 10.0. The van der Waals surface area contributed by atoms with E-state index in [1.165, 1.54) is 26.9 Å². The third-order valence-electron chi connectivity index (χ3n) is 8.02. The molecule has 7 aromatic rings. The van der Waals surface area contributed by atoms with E-state index in [1.54, 1.807) is 0 Å². The van der Waals surface area contributed by atoms with E-state index in [0.29, 0.717) is 0 Å². The van der Waals surface area contributed by atoms with Crippen molar-refractivity contribution in [3.05, 3.63) is 150 Å². The second kappa shape index (κ2) is 8.03. The topological polar surface area (TPSA) is 22.0 Å². The Bertz CT molecular complexity index is 2030. The molecule has 0 bridgehead atoms. The molecule has 0 N–H and O–H groups in total. The zero-order valence-corrected chi connectivity index (χ0v) is 20.6. The number of fused-ring (bicyclic) bond motifs is 10. The predicted molar refractivity (Wildman–Crippen MR) is 156 cm³/mol. The fourth-order valence-corrected chi connectivity index (χ4v) is 6.50. The summed E-state index contributed by atoms with van der Waals surface area (Å²) in [5, 5.41) is 7.19. The molecule has 38 heavy (non-hydrogen) atoms. The van der Waals surface area contributed by atoms with Crippen LogP contribution in [0.2, 0.25) is 0 Å². The van der Waals surface area contributed by atoms with E-state index in [9.17, 15) is 4.79 Å². The molecule has 0 saturated carbocycles. The summed E-state index contributed by atoms with van der Waals surface area (Å²) >= 11 is 0. The number of nitrogens with zero attached hydrogens (tertiary/aromatic N) is 1. The molecule has 1 atom stereocenters. The van der Waals surface area contributed by atoms with Gasteiger partial charge >= 0.3 is 0 Å². The molecule has 2 nitrogen and oxygen atoms in total. The van der Waals surface area contributed by atoms with E-state index in [1.807, 2.05) is 36.4 Å². The summed E-state index contributed by atoms with van der Waals surface area (Å²) < 4.78 is 2.38. The average Bonchev–Trinajstić information content (AvgIpc) is 3.35. The lowest BCUT2D eigenvalue weighted by molar-refractivity contribution is 0.0968. The number of Topliss-reactive ketones (excluding diaryl/α,β-unsaturated/α-hetero) is 1. The van der Waals surface area contributed by atoms with E-state index in [0.717, 1.165) is 39.2 Å². The van der Waals surface area contributed by atoms with Crippen LogP contribution in [0, 0.1) is 0 Å². The quantitative estimate of drug-likeness (QED) is 0.224. The highest BCUT2D eigenvalue weighted by Gasteiger charge is 2.38. The molecule has 1 aromatic heterocycles. The Labute approximate surface area is 220 Å². The Morgan fingerprint density at radius 2 is 1.03 bits per heavy atom. The molecule has 0 amide bonds. The highest BCUT2D eigenvalue weighted by molar-refractivity contribution is 6.31. The first-order chi connectivity index (χ1) is 18.8. The van der Waals surface area contributed by atoms with Gasteiger partial charge in [0.1, 0.15) is 0 Å². The van der Waals surface area contributed by atoms with E-state index in [-0.39, 0.29) is 5.78 Å². The number of carbonyl (C=O) groups excluding carboxylic acids is 1. The fraction of sp³-hybridized carbons (Fsp3) is 0.0278. The molecule has 0 spiro atoms. The molecule has 0 radical (unpaired) electrons. The van der Waals surface area contributed by atoms with Crippen molar-refractivity contribution >= 4 is 38.1 Å². The molecule has 1 aliphatic rings. The SMILES string of the molecule is O=C1c2ccccc2-n2c(-c3ccccc3)c3c4ccccc4c4ccccc4c3c2C1c1ccccc1. The zero-order chi connectivity index (χ0) is 25.2. The molecule has 1 unspecified atom stereocenters. The average molecular weight is 486 g/mol. The van der Waals surface area contributed by atoms with Gasteiger partial charge in [0.25, 0.3) is 0 Å². The Morgan fingerprint density at radius 3 is 1.71 bits per heavy atom. The van der Waals surface area contributed by atoms with E-state index >= 15 is 0 Å². The lowest BCUT2D eigenvalue weighted by Gasteiger charge is -2.28. The molecule has 2 heterocycles. The van der Waals surface area contributed by atoms with Crippen LogP contribution in [0.1, 0.15) is 27.5 Å². The van der Waals surface area contributed by atoms with Gasteiger partial charge in [-0.3, -0.25) is 4.79 Å². The molecule has 0 aliphatic carbocycles. The van der Waals surface area contributed by atoms with Crippen LogP contribution >= 0.6 is 0 Å². The van der Waals surface area contributed by atoms with Gasteiger partial charge in [-0.05, 0) is 44.8 Å². The third-order valence-corrected chi connectivity index (χ3v) is 8.02. The predicted octanol–water partition coefficient (Wildman–Crippen LogP) is 8.93. The van der Waals surface area contributed by atoms with E-state index in [2.05, 4.69) is 102 Å². The highest BCUT2D eigenvalue weighted by atomic mass is 16.1. The van der Waals surface area contributed by atoms with Gasteiger partial charge in [-0.15, -0.1) is 0 Å². The first-order valence-corrected chi connectivity index (χ1v) is 13.0. The van der Waals surface area contributed by atoms with Crippen molar-refractivity contribution in [1.29, 1.82) is 0 Å². The van der Waals surface area contributed by atoms with E-state index in [4.69, 9.17) is 0 Å². The van der Waals surface area contributed by atoms with Crippen LogP contribution < -0.4 is 0 Å². The van der Waals surface area contributed by atoms with Crippen molar-refractivity contribution in [2.45, 2.75) is 5.92 Å². The lowest BCUT2D eigenvalue weighted by Crippen LogP contribution is -2.25. The van der Waals surface area contributed by atoms with Gasteiger partial charge in [0.05, 0.1) is 17.3 Å². The normalized spacial score (nSPS) is 14.6. The maximum atomic E-state index is 14.4.